The molecule has 4 heteroatoms. The largest absolute Gasteiger partial charge is 0.389 e. The van der Waals surface area contributed by atoms with Crippen LogP contribution in [-0.4, -0.2) is 11.5 Å². The number of benzene rings is 2. The molecule has 0 saturated heterocycles. The lowest BCUT2D eigenvalue weighted by atomic mass is 10.1. The fourth-order valence-corrected chi connectivity index (χ4v) is 2.64. The van der Waals surface area contributed by atoms with Gasteiger partial charge in [0.05, 0.1) is 0 Å². The summed E-state index contributed by atoms with van der Waals surface area (Å²) in [5.41, 5.74) is 9.04. The van der Waals surface area contributed by atoms with Gasteiger partial charge in [0, 0.05) is 23.5 Å². The zero-order valence-corrected chi connectivity index (χ0v) is 11.1. The van der Waals surface area contributed by atoms with E-state index in [1.807, 2.05) is 18.2 Å². The number of fused-ring (bicyclic) bond motifs is 1. The Balaban J connectivity index is 2.01. The number of hydrogen-bond acceptors (Lipinski definition) is 2. The maximum atomic E-state index is 13.9. The van der Waals surface area contributed by atoms with E-state index in [0.717, 1.165) is 24.3 Å². The quantitative estimate of drug-likeness (QED) is 0.852. The number of rotatable bonds is 2. The van der Waals surface area contributed by atoms with Crippen molar-refractivity contribution in [3.8, 4) is 0 Å². The molecule has 0 atom stereocenters. The number of para-hydroxylation sites is 1. The highest BCUT2D eigenvalue weighted by Gasteiger charge is 2.20. The molecule has 0 saturated carbocycles. The highest BCUT2D eigenvalue weighted by Crippen LogP contribution is 2.34. The Kier molecular flexibility index (Phi) is 2.95. The molecule has 0 spiro atoms. The third kappa shape index (κ3) is 2.08. The van der Waals surface area contributed by atoms with Crippen LogP contribution in [0.3, 0.4) is 0 Å². The third-order valence-corrected chi connectivity index (χ3v) is 3.64. The predicted octanol–water partition coefficient (Wildman–Crippen LogP) is 3.15. The fraction of sp³-hybridized carbons (Fsp3) is 0.133. The minimum Gasteiger partial charge on any atom is -0.389 e. The van der Waals surface area contributed by atoms with Gasteiger partial charge in [-0.05, 0) is 36.2 Å². The zero-order valence-electron chi connectivity index (χ0n) is 10.3. The molecule has 0 aliphatic carbocycles. The summed E-state index contributed by atoms with van der Waals surface area (Å²) in [5, 5.41) is 0. The van der Waals surface area contributed by atoms with Gasteiger partial charge in [-0.2, -0.15) is 0 Å². The van der Waals surface area contributed by atoms with Gasteiger partial charge in [-0.15, -0.1) is 0 Å². The second-order valence-corrected chi connectivity index (χ2v) is 5.00. The smallest absolute Gasteiger partial charge is 0.135 e. The van der Waals surface area contributed by atoms with Gasteiger partial charge in [-0.25, -0.2) is 4.39 Å². The van der Waals surface area contributed by atoms with Crippen LogP contribution in [-0.2, 0) is 6.42 Å². The lowest BCUT2D eigenvalue weighted by Crippen LogP contribution is -2.15. The SMILES string of the molecule is NC(=S)c1ccc(N2CCc3ccccc32)cc1F. The Morgan fingerprint density at radius 2 is 2.00 bits per heavy atom. The molecule has 0 unspecified atom stereocenters. The van der Waals surface area contributed by atoms with E-state index in [1.54, 1.807) is 6.07 Å². The molecule has 19 heavy (non-hydrogen) atoms. The predicted molar refractivity (Wildman–Crippen MR) is 79.4 cm³/mol. The van der Waals surface area contributed by atoms with Gasteiger partial charge in [0.1, 0.15) is 10.8 Å². The van der Waals surface area contributed by atoms with Crippen LogP contribution in [0.4, 0.5) is 15.8 Å². The summed E-state index contributed by atoms with van der Waals surface area (Å²) in [4.78, 5) is 2.20. The standard InChI is InChI=1S/C15H13FN2S/c16-13-9-11(5-6-12(13)15(17)19)18-8-7-10-3-1-2-4-14(10)18/h1-6,9H,7-8H2,(H2,17,19). The molecule has 2 N–H and O–H groups in total. The first kappa shape index (κ1) is 12.1. The second kappa shape index (κ2) is 4.63. The van der Waals surface area contributed by atoms with Crippen LogP contribution >= 0.6 is 12.2 Å². The summed E-state index contributed by atoms with van der Waals surface area (Å²) in [6.07, 6.45) is 0.981. The van der Waals surface area contributed by atoms with Crippen LogP contribution in [0, 0.1) is 5.82 Å². The van der Waals surface area contributed by atoms with Crippen LogP contribution in [0.2, 0.25) is 0 Å². The van der Waals surface area contributed by atoms with Crippen molar-refractivity contribution in [2.45, 2.75) is 6.42 Å². The van der Waals surface area contributed by atoms with Crippen LogP contribution in [0.5, 0.6) is 0 Å². The average molecular weight is 272 g/mol. The van der Waals surface area contributed by atoms with E-state index >= 15 is 0 Å². The molecule has 2 aromatic rings. The fourth-order valence-electron chi connectivity index (χ4n) is 2.48. The van der Waals surface area contributed by atoms with Crippen molar-refractivity contribution >= 4 is 28.6 Å². The van der Waals surface area contributed by atoms with E-state index in [-0.39, 0.29) is 10.8 Å². The first-order chi connectivity index (χ1) is 9.16. The van der Waals surface area contributed by atoms with E-state index in [9.17, 15) is 4.39 Å². The van der Waals surface area contributed by atoms with Gasteiger partial charge >= 0.3 is 0 Å². The summed E-state index contributed by atoms with van der Waals surface area (Å²) in [6.45, 7) is 0.866. The monoisotopic (exact) mass is 272 g/mol. The van der Waals surface area contributed by atoms with Crippen LogP contribution < -0.4 is 10.6 Å². The van der Waals surface area contributed by atoms with E-state index in [1.165, 1.54) is 11.6 Å². The molecule has 1 aliphatic heterocycles. The van der Waals surface area contributed by atoms with Gasteiger partial charge in [0.15, 0.2) is 0 Å². The van der Waals surface area contributed by atoms with Crippen molar-refractivity contribution in [1.82, 2.24) is 0 Å². The van der Waals surface area contributed by atoms with Crippen molar-refractivity contribution in [1.29, 1.82) is 0 Å². The minimum atomic E-state index is -0.366. The Bertz CT molecular complexity index is 654. The Morgan fingerprint density at radius 1 is 1.21 bits per heavy atom. The van der Waals surface area contributed by atoms with Crippen molar-refractivity contribution in [2.24, 2.45) is 5.73 Å². The topological polar surface area (TPSA) is 29.3 Å². The molecule has 3 rings (SSSR count). The van der Waals surface area contributed by atoms with Crippen molar-refractivity contribution in [3.05, 3.63) is 59.4 Å². The Hall–Kier alpha value is -1.94. The summed E-state index contributed by atoms with van der Waals surface area (Å²) < 4.78 is 13.9. The van der Waals surface area contributed by atoms with Gasteiger partial charge < -0.3 is 10.6 Å². The summed E-state index contributed by atoms with van der Waals surface area (Å²) in [6, 6.07) is 13.2. The van der Waals surface area contributed by atoms with Crippen LogP contribution in [0.1, 0.15) is 11.1 Å². The summed E-state index contributed by atoms with van der Waals surface area (Å²) >= 11 is 4.81. The Labute approximate surface area is 116 Å². The molecule has 1 aliphatic rings. The number of hydrogen-bond donors (Lipinski definition) is 1. The zero-order chi connectivity index (χ0) is 13.4. The first-order valence-corrected chi connectivity index (χ1v) is 6.52. The molecule has 2 nitrogen and oxygen atoms in total. The Morgan fingerprint density at radius 3 is 2.74 bits per heavy atom. The van der Waals surface area contributed by atoms with Gasteiger partial charge in [0.2, 0.25) is 0 Å². The van der Waals surface area contributed by atoms with Gasteiger partial charge in [-0.3, -0.25) is 0 Å². The van der Waals surface area contributed by atoms with E-state index in [2.05, 4.69) is 17.0 Å². The molecule has 2 aromatic carbocycles. The molecular formula is C15H13FN2S. The molecule has 96 valence electrons. The van der Waals surface area contributed by atoms with E-state index in [4.69, 9.17) is 18.0 Å². The third-order valence-electron chi connectivity index (χ3n) is 3.42. The first-order valence-electron chi connectivity index (χ1n) is 6.11. The number of anilines is 2. The van der Waals surface area contributed by atoms with Gasteiger partial charge in [-0.1, -0.05) is 30.4 Å². The molecule has 0 radical (unpaired) electrons. The van der Waals surface area contributed by atoms with Crippen molar-refractivity contribution in [2.75, 3.05) is 11.4 Å². The molecule has 0 aromatic heterocycles. The number of thiocarbonyl (C=S) groups is 1. The van der Waals surface area contributed by atoms with Crippen LogP contribution in [0.15, 0.2) is 42.5 Å². The summed E-state index contributed by atoms with van der Waals surface area (Å²) in [5.74, 6) is -0.366. The molecule has 0 bridgehead atoms. The molecule has 0 fully saturated rings. The van der Waals surface area contributed by atoms with Crippen molar-refractivity contribution < 1.29 is 4.39 Å². The molecule has 0 amide bonds. The second-order valence-electron chi connectivity index (χ2n) is 4.56. The van der Waals surface area contributed by atoms with Crippen LogP contribution in [0.25, 0.3) is 0 Å². The lowest BCUT2D eigenvalue weighted by Gasteiger charge is -2.20. The maximum absolute atomic E-state index is 13.9. The minimum absolute atomic E-state index is 0.0888. The average Bonchev–Trinajstić information content (AvgIpc) is 2.82. The highest BCUT2D eigenvalue weighted by molar-refractivity contribution is 7.80. The number of nitrogens with zero attached hydrogens (tertiary/aromatic N) is 1. The number of nitrogens with two attached hydrogens (primary N) is 1. The summed E-state index contributed by atoms with van der Waals surface area (Å²) in [7, 11) is 0. The number of halogens is 1. The van der Waals surface area contributed by atoms with E-state index < -0.39 is 0 Å². The van der Waals surface area contributed by atoms with Crippen molar-refractivity contribution in [3.63, 3.8) is 0 Å². The molecule has 1 heterocycles. The highest BCUT2D eigenvalue weighted by atomic mass is 32.1. The normalized spacial score (nSPS) is 13.4. The molecular weight excluding hydrogens is 259 g/mol. The lowest BCUT2D eigenvalue weighted by molar-refractivity contribution is 0.625. The van der Waals surface area contributed by atoms with Gasteiger partial charge in [0.25, 0.3) is 0 Å². The van der Waals surface area contributed by atoms with E-state index in [0.29, 0.717) is 5.56 Å². The maximum Gasteiger partial charge on any atom is 0.135 e.